The molecule has 0 saturated heterocycles. The standard InChI is InChI=1S/C8H14BN2O/c1-6-3-4-7(10)8(5-6)11-9-12-2/h3,5,7,11H,4,10H2,1-2H3. The molecule has 1 aliphatic rings. The van der Waals surface area contributed by atoms with Gasteiger partial charge in [-0.15, -0.1) is 0 Å². The quantitative estimate of drug-likeness (QED) is 0.592. The highest BCUT2D eigenvalue weighted by Crippen LogP contribution is 2.13. The second-order valence-electron chi connectivity index (χ2n) is 2.89. The van der Waals surface area contributed by atoms with Crippen molar-refractivity contribution >= 4 is 7.62 Å². The molecule has 0 aliphatic heterocycles. The maximum atomic E-state index is 5.83. The van der Waals surface area contributed by atoms with Crippen LogP contribution in [-0.2, 0) is 4.65 Å². The molecule has 1 atom stereocenters. The lowest BCUT2D eigenvalue weighted by atomic mass is 9.99. The van der Waals surface area contributed by atoms with Gasteiger partial charge in [-0.05, 0) is 19.4 Å². The lowest BCUT2D eigenvalue weighted by Crippen LogP contribution is -2.35. The van der Waals surface area contributed by atoms with Crippen LogP contribution in [-0.4, -0.2) is 20.8 Å². The van der Waals surface area contributed by atoms with E-state index in [2.05, 4.69) is 18.2 Å². The van der Waals surface area contributed by atoms with Crippen molar-refractivity contribution < 1.29 is 4.65 Å². The molecule has 65 valence electrons. The monoisotopic (exact) mass is 165 g/mol. The van der Waals surface area contributed by atoms with Crippen molar-refractivity contribution in [3.05, 3.63) is 23.4 Å². The molecule has 0 aromatic rings. The van der Waals surface area contributed by atoms with Crippen molar-refractivity contribution in [3.8, 4) is 0 Å². The van der Waals surface area contributed by atoms with Gasteiger partial charge in [-0.3, -0.25) is 0 Å². The van der Waals surface area contributed by atoms with E-state index >= 15 is 0 Å². The predicted molar refractivity (Wildman–Crippen MR) is 50.3 cm³/mol. The number of hydrogen-bond acceptors (Lipinski definition) is 3. The Morgan fingerprint density at radius 2 is 2.50 bits per heavy atom. The molecule has 12 heavy (non-hydrogen) atoms. The Morgan fingerprint density at radius 3 is 3.17 bits per heavy atom. The third kappa shape index (κ3) is 2.39. The molecule has 3 N–H and O–H groups in total. The zero-order valence-electron chi connectivity index (χ0n) is 7.50. The summed E-state index contributed by atoms with van der Waals surface area (Å²) in [6, 6.07) is 0.0695. The van der Waals surface area contributed by atoms with E-state index < -0.39 is 0 Å². The summed E-state index contributed by atoms with van der Waals surface area (Å²) in [7, 11) is 3.13. The van der Waals surface area contributed by atoms with Crippen LogP contribution < -0.4 is 11.0 Å². The first-order valence-electron chi connectivity index (χ1n) is 3.99. The van der Waals surface area contributed by atoms with Crippen LogP contribution in [0.1, 0.15) is 13.3 Å². The fourth-order valence-corrected chi connectivity index (χ4v) is 1.13. The van der Waals surface area contributed by atoms with Gasteiger partial charge in [0.2, 0.25) is 0 Å². The first-order valence-corrected chi connectivity index (χ1v) is 3.99. The van der Waals surface area contributed by atoms with Crippen LogP contribution in [0.15, 0.2) is 23.4 Å². The fraction of sp³-hybridized carbons (Fsp3) is 0.500. The van der Waals surface area contributed by atoms with Gasteiger partial charge in [-0.2, -0.15) is 0 Å². The zero-order valence-corrected chi connectivity index (χ0v) is 7.50. The lowest BCUT2D eigenvalue weighted by Gasteiger charge is -2.19. The molecule has 0 amide bonds. The first kappa shape index (κ1) is 9.35. The van der Waals surface area contributed by atoms with Crippen LogP contribution >= 0.6 is 0 Å². The molecular weight excluding hydrogens is 151 g/mol. The Hall–Kier alpha value is -0.735. The molecule has 1 radical (unpaired) electrons. The summed E-state index contributed by atoms with van der Waals surface area (Å²) >= 11 is 0. The average Bonchev–Trinajstić information content (AvgIpc) is 2.07. The van der Waals surface area contributed by atoms with Crippen LogP contribution in [0.2, 0.25) is 0 Å². The van der Waals surface area contributed by atoms with Gasteiger partial charge in [-0.1, -0.05) is 11.6 Å². The highest BCUT2D eigenvalue weighted by Gasteiger charge is 2.11. The Kier molecular flexibility index (Phi) is 3.38. The van der Waals surface area contributed by atoms with E-state index in [0.29, 0.717) is 0 Å². The normalized spacial score (nSPS) is 22.8. The number of allylic oxidation sites excluding steroid dienone is 2. The molecule has 1 unspecified atom stereocenters. The van der Waals surface area contributed by atoms with Gasteiger partial charge in [0.1, 0.15) is 0 Å². The van der Waals surface area contributed by atoms with Crippen molar-refractivity contribution in [1.82, 2.24) is 5.23 Å². The van der Waals surface area contributed by atoms with Crippen LogP contribution in [0.5, 0.6) is 0 Å². The second-order valence-corrected chi connectivity index (χ2v) is 2.89. The molecule has 0 fully saturated rings. The molecule has 0 spiro atoms. The highest BCUT2D eigenvalue weighted by atomic mass is 16.4. The van der Waals surface area contributed by atoms with E-state index in [-0.39, 0.29) is 6.04 Å². The van der Waals surface area contributed by atoms with Gasteiger partial charge >= 0.3 is 7.62 Å². The van der Waals surface area contributed by atoms with E-state index in [1.165, 1.54) is 13.2 Å². The van der Waals surface area contributed by atoms with Crippen molar-refractivity contribution in [3.63, 3.8) is 0 Å². The number of hydrogen-bond donors (Lipinski definition) is 2. The third-order valence-corrected chi connectivity index (χ3v) is 1.82. The van der Waals surface area contributed by atoms with E-state index in [1.54, 1.807) is 7.11 Å². The van der Waals surface area contributed by atoms with Crippen LogP contribution in [0, 0.1) is 0 Å². The Labute approximate surface area is 74.0 Å². The number of nitrogens with one attached hydrogen (secondary N) is 1. The maximum absolute atomic E-state index is 5.83. The Morgan fingerprint density at radius 1 is 1.75 bits per heavy atom. The molecular formula is C8H14BN2O. The topological polar surface area (TPSA) is 47.3 Å². The summed E-state index contributed by atoms with van der Waals surface area (Å²) in [4.78, 5) is 0. The maximum Gasteiger partial charge on any atom is 0.435 e. The molecule has 1 aliphatic carbocycles. The van der Waals surface area contributed by atoms with Gasteiger partial charge in [0.25, 0.3) is 0 Å². The lowest BCUT2D eigenvalue weighted by molar-refractivity contribution is 0.433. The van der Waals surface area contributed by atoms with Crippen LogP contribution in [0.3, 0.4) is 0 Å². The van der Waals surface area contributed by atoms with Crippen LogP contribution in [0.4, 0.5) is 0 Å². The van der Waals surface area contributed by atoms with E-state index in [9.17, 15) is 0 Å². The summed E-state index contributed by atoms with van der Waals surface area (Å²) in [6.45, 7) is 2.06. The first-order chi connectivity index (χ1) is 5.74. The van der Waals surface area contributed by atoms with Crippen molar-refractivity contribution in [1.29, 1.82) is 0 Å². The van der Waals surface area contributed by atoms with Crippen molar-refractivity contribution in [2.45, 2.75) is 19.4 Å². The van der Waals surface area contributed by atoms with Crippen molar-refractivity contribution in [2.75, 3.05) is 7.11 Å². The smallest absolute Gasteiger partial charge is 0.422 e. The molecule has 4 heteroatoms. The number of rotatable bonds is 3. The second kappa shape index (κ2) is 4.33. The largest absolute Gasteiger partial charge is 0.435 e. The highest BCUT2D eigenvalue weighted by molar-refractivity contribution is 6.24. The molecule has 0 bridgehead atoms. The average molecular weight is 165 g/mol. The molecule has 0 saturated carbocycles. The molecule has 0 aromatic carbocycles. The summed E-state index contributed by atoms with van der Waals surface area (Å²) < 4.78 is 4.78. The third-order valence-electron chi connectivity index (χ3n) is 1.82. The Balaban J connectivity index is 2.53. The fourth-order valence-electron chi connectivity index (χ4n) is 1.13. The zero-order chi connectivity index (χ0) is 8.97. The Bertz CT molecular complexity index is 213. The van der Waals surface area contributed by atoms with Gasteiger partial charge in [0, 0.05) is 18.8 Å². The summed E-state index contributed by atoms with van der Waals surface area (Å²) in [5.74, 6) is 0. The van der Waals surface area contributed by atoms with Gasteiger partial charge in [0.05, 0.1) is 0 Å². The molecule has 1 rings (SSSR count). The van der Waals surface area contributed by atoms with Gasteiger partial charge < -0.3 is 15.6 Å². The van der Waals surface area contributed by atoms with Crippen molar-refractivity contribution in [2.24, 2.45) is 5.73 Å². The van der Waals surface area contributed by atoms with Crippen LogP contribution in [0.25, 0.3) is 0 Å². The molecule has 0 heterocycles. The number of nitrogens with two attached hydrogens (primary N) is 1. The predicted octanol–water partition coefficient (Wildman–Crippen LogP) is 0.318. The van der Waals surface area contributed by atoms with E-state index in [1.807, 2.05) is 6.08 Å². The summed E-state index contributed by atoms with van der Waals surface area (Å²) in [5, 5.41) is 3.00. The SMILES string of the molecule is CO[B]NC1=CC(C)=CCC1N. The minimum Gasteiger partial charge on any atom is -0.422 e. The van der Waals surface area contributed by atoms with Gasteiger partial charge in [-0.25, -0.2) is 0 Å². The molecule has 3 nitrogen and oxygen atoms in total. The van der Waals surface area contributed by atoms with E-state index in [4.69, 9.17) is 10.4 Å². The van der Waals surface area contributed by atoms with E-state index in [0.717, 1.165) is 12.1 Å². The minimum absolute atomic E-state index is 0.0695. The summed E-state index contributed by atoms with van der Waals surface area (Å²) in [5.41, 5.74) is 8.08. The molecule has 0 aromatic heterocycles. The minimum atomic E-state index is 0.0695. The summed E-state index contributed by atoms with van der Waals surface area (Å²) in [6.07, 6.45) is 5.05. The van der Waals surface area contributed by atoms with Gasteiger partial charge in [0.15, 0.2) is 0 Å².